The Balaban J connectivity index is 2.44. The van der Waals surface area contributed by atoms with E-state index in [1.807, 2.05) is 19.4 Å². The third-order valence-electron chi connectivity index (χ3n) is 3.32. The molecular weight excluding hydrogens is 262 g/mol. The van der Waals surface area contributed by atoms with Crippen LogP contribution in [0.4, 0.5) is 0 Å². The van der Waals surface area contributed by atoms with Crippen LogP contribution in [-0.2, 0) is 13.6 Å². The van der Waals surface area contributed by atoms with Gasteiger partial charge in [-0.3, -0.25) is 4.68 Å². The number of nitrogens with one attached hydrogen (secondary N) is 2. The number of hydrogen-bond acceptors (Lipinski definition) is 2. The first-order chi connectivity index (χ1) is 10.0. The van der Waals surface area contributed by atoms with E-state index in [4.69, 9.17) is 0 Å². The summed E-state index contributed by atoms with van der Waals surface area (Å²) in [4.78, 5) is 4.62. The summed E-state index contributed by atoms with van der Waals surface area (Å²) in [5.74, 6) is 1.67. The number of aryl methyl sites for hydroxylation is 1. The summed E-state index contributed by atoms with van der Waals surface area (Å²) in [6, 6.07) is 0.440. The van der Waals surface area contributed by atoms with Gasteiger partial charge in [0.15, 0.2) is 5.96 Å². The van der Waals surface area contributed by atoms with Crippen molar-refractivity contribution in [1.29, 1.82) is 0 Å². The lowest BCUT2D eigenvalue weighted by molar-refractivity contribution is 0.491. The van der Waals surface area contributed by atoms with Gasteiger partial charge >= 0.3 is 0 Å². The summed E-state index contributed by atoms with van der Waals surface area (Å²) < 4.78 is 1.81. The Hall–Kier alpha value is -1.52. The fraction of sp³-hybridized carbons (Fsp3) is 0.750. The van der Waals surface area contributed by atoms with Crippen molar-refractivity contribution in [2.24, 2.45) is 18.0 Å². The van der Waals surface area contributed by atoms with E-state index in [2.05, 4.69) is 48.4 Å². The molecule has 5 nitrogen and oxygen atoms in total. The molecule has 0 fully saturated rings. The van der Waals surface area contributed by atoms with Gasteiger partial charge in [0, 0.05) is 31.4 Å². The molecule has 1 aromatic rings. The third-order valence-corrected chi connectivity index (χ3v) is 3.32. The van der Waals surface area contributed by atoms with Gasteiger partial charge in [-0.05, 0) is 26.2 Å². The second kappa shape index (κ2) is 9.42. The van der Waals surface area contributed by atoms with Crippen LogP contribution in [0.3, 0.4) is 0 Å². The van der Waals surface area contributed by atoms with E-state index in [-0.39, 0.29) is 0 Å². The largest absolute Gasteiger partial charge is 0.357 e. The van der Waals surface area contributed by atoms with Gasteiger partial charge in [-0.1, -0.05) is 26.7 Å². The Bertz CT molecular complexity index is 422. The highest BCUT2D eigenvalue weighted by Crippen LogP contribution is 2.08. The highest BCUT2D eigenvalue weighted by Gasteiger charge is 2.06. The van der Waals surface area contributed by atoms with E-state index in [1.165, 1.54) is 19.3 Å². The molecule has 0 aliphatic carbocycles. The third kappa shape index (κ3) is 7.73. The molecule has 0 amide bonds. The topological polar surface area (TPSA) is 54.2 Å². The van der Waals surface area contributed by atoms with Crippen LogP contribution in [0, 0.1) is 5.92 Å². The van der Waals surface area contributed by atoms with Crippen LogP contribution in [-0.4, -0.2) is 28.3 Å². The lowest BCUT2D eigenvalue weighted by atomic mass is 10.0. The van der Waals surface area contributed by atoms with E-state index >= 15 is 0 Å². The molecule has 0 saturated carbocycles. The molecule has 0 aromatic carbocycles. The molecular formula is C16H31N5. The zero-order valence-electron chi connectivity index (χ0n) is 14.2. The molecule has 0 radical (unpaired) electrons. The summed E-state index contributed by atoms with van der Waals surface area (Å²) in [5, 5.41) is 10.9. The smallest absolute Gasteiger partial charge is 0.191 e. The van der Waals surface area contributed by atoms with E-state index < -0.39 is 0 Å². The molecule has 0 aliphatic heterocycles. The summed E-state index contributed by atoms with van der Waals surface area (Å²) in [5.41, 5.74) is 1.13. The number of aromatic nitrogens is 2. The molecule has 1 rings (SSSR count). The molecule has 2 N–H and O–H groups in total. The molecule has 21 heavy (non-hydrogen) atoms. The first kappa shape index (κ1) is 17.5. The van der Waals surface area contributed by atoms with Gasteiger partial charge in [0.05, 0.1) is 12.7 Å². The molecule has 120 valence electrons. The van der Waals surface area contributed by atoms with Crippen molar-refractivity contribution >= 4 is 5.96 Å². The SMILES string of the molecule is CCNC(=NCc1cnn(C)c1)NC(C)CCCC(C)C. The Labute approximate surface area is 129 Å². The number of rotatable bonds is 8. The first-order valence-electron chi connectivity index (χ1n) is 8.03. The maximum Gasteiger partial charge on any atom is 0.191 e. The van der Waals surface area contributed by atoms with E-state index in [0.29, 0.717) is 12.6 Å². The molecule has 0 aliphatic rings. The second-order valence-corrected chi connectivity index (χ2v) is 6.09. The van der Waals surface area contributed by atoms with E-state index in [1.54, 1.807) is 4.68 Å². The van der Waals surface area contributed by atoms with Crippen molar-refractivity contribution in [3.63, 3.8) is 0 Å². The lowest BCUT2D eigenvalue weighted by Gasteiger charge is -2.18. The van der Waals surface area contributed by atoms with E-state index in [9.17, 15) is 0 Å². The Morgan fingerprint density at radius 1 is 1.33 bits per heavy atom. The van der Waals surface area contributed by atoms with Crippen LogP contribution < -0.4 is 10.6 Å². The molecule has 0 bridgehead atoms. The van der Waals surface area contributed by atoms with Gasteiger partial charge in [0.25, 0.3) is 0 Å². The van der Waals surface area contributed by atoms with Crippen molar-refractivity contribution in [2.45, 2.75) is 59.5 Å². The van der Waals surface area contributed by atoms with Crippen molar-refractivity contribution in [2.75, 3.05) is 6.54 Å². The Morgan fingerprint density at radius 3 is 2.67 bits per heavy atom. The first-order valence-corrected chi connectivity index (χ1v) is 8.03. The van der Waals surface area contributed by atoms with Crippen LogP contribution in [0.5, 0.6) is 0 Å². The standard InChI is InChI=1S/C16H31N5/c1-6-17-16(18-10-15-11-19-21(5)12-15)20-14(4)9-7-8-13(2)3/h11-14H,6-10H2,1-5H3,(H2,17,18,20). The summed E-state index contributed by atoms with van der Waals surface area (Å²) in [6.45, 7) is 10.4. The van der Waals surface area contributed by atoms with Crippen molar-refractivity contribution in [1.82, 2.24) is 20.4 Å². The zero-order chi connectivity index (χ0) is 15.7. The van der Waals surface area contributed by atoms with Crippen LogP contribution in [0.2, 0.25) is 0 Å². The lowest BCUT2D eigenvalue weighted by Crippen LogP contribution is -2.42. The van der Waals surface area contributed by atoms with Gasteiger partial charge in [0.2, 0.25) is 0 Å². The molecule has 0 saturated heterocycles. The van der Waals surface area contributed by atoms with Crippen LogP contribution in [0.1, 0.15) is 52.5 Å². The maximum atomic E-state index is 4.62. The second-order valence-electron chi connectivity index (χ2n) is 6.09. The molecule has 0 spiro atoms. The number of guanidine groups is 1. The minimum absolute atomic E-state index is 0.440. The van der Waals surface area contributed by atoms with Gasteiger partial charge in [-0.2, -0.15) is 5.10 Å². The number of nitrogens with zero attached hydrogens (tertiary/aromatic N) is 3. The van der Waals surface area contributed by atoms with Crippen molar-refractivity contribution < 1.29 is 0 Å². The number of hydrogen-bond donors (Lipinski definition) is 2. The number of aliphatic imine (C=N–C) groups is 1. The fourth-order valence-electron chi connectivity index (χ4n) is 2.18. The summed E-state index contributed by atoms with van der Waals surface area (Å²) >= 11 is 0. The Kier molecular flexibility index (Phi) is 7.87. The zero-order valence-corrected chi connectivity index (χ0v) is 14.2. The highest BCUT2D eigenvalue weighted by atomic mass is 15.2. The van der Waals surface area contributed by atoms with Gasteiger partial charge in [-0.15, -0.1) is 0 Å². The van der Waals surface area contributed by atoms with Gasteiger partial charge < -0.3 is 10.6 Å². The predicted octanol–water partition coefficient (Wildman–Crippen LogP) is 2.69. The monoisotopic (exact) mass is 293 g/mol. The van der Waals surface area contributed by atoms with E-state index in [0.717, 1.165) is 24.0 Å². The van der Waals surface area contributed by atoms with Crippen LogP contribution >= 0.6 is 0 Å². The predicted molar refractivity (Wildman–Crippen MR) is 89.3 cm³/mol. The fourth-order valence-corrected chi connectivity index (χ4v) is 2.18. The van der Waals surface area contributed by atoms with Crippen molar-refractivity contribution in [3.8, 4) is 0 Å². The molecule has 1 aromatic heterocycles. The molecule has 1 atom stereocenters. The van der Waals surface area contributed by atoms with Crippen LogP contribution in [0.15, 0.2) is 17.4 Å². The van der Waals surface area contributed by atoms with Gasteiger partial charge in [0.1, 0.15) is 0 Å². The maximum absolute atomic E-state index is 4.62. The highest BCUT2D eigenvalue weighted by molar-refractivity contribution is 5.80. The molecule has 1 unspecified atom stereocenters. The molecule has 5 heteroatoms. The van der Waals surface area contributed by atoms with Gasteiger partial charge in [-0.25, -0.2) is 4.99 Å². The summed E-state index contributed by atoms with van der Waals surface area (Å²) in [6.07, 6.45) is 7.58. The normalized spacial score (nSPS) is 13.5. The summed E-state index contributed by atoms with van der Waals surface area (Å²) in [7, 11) is 1.92. The average Bonchev–Trinajstić information content (AvgIpc) is 2.81. The average molecular weight is 293 g/mol. The minimum Gasteiger partial charge on any atom is -0.357 e. The van der Waals surface area contributed by atoms with Crippen molar-refractivity contribution in [3.05, 3.63) is 18.0 Å². The Morgan fingerprint density at radius 2 is 2.10 bits per heavy atom. The van der Waals surface area contributed by atoms with Crippen LogP contribution in [0.25, 0.3) is 0 Å². The minimum atomic E-state index is 0.440. The quantitative estimate of drug-likeness (QED) is 0.572. The molecule has 1 heterocycles.